The van der Waals surface area contributed by atoms with Gasteiger partial charge in [-0.2, -0.15) is 5.10 Å². The zero-order valence-electron chi connectivity index (χ0n) is 10.4. The third kappa shape index (κ3) is 3.28. The molecule has 1 aromatic rings. The van der Waals surface area contributed by atoms with Crippen LogP contribution < -0.4 is 0 Å². The highest BCUT2D eigenvalue weighted by atomic mass is 79.9. The summed E-state index contributed by atoms with van der Waals surface area (Å²) < 4.78 is 1.64. The van der Waals surface area contributed by atoms with Gasteiger partial charge in [-0.3, -0.25) is 14.8 Å². The molecule has 5 nitrogen and oxygen atoms in total. The summed E-state index contributed by atoms with van der Waals surface area (Å²) in [5, 5.41) is 15.3. The van der Waals surface area contributed by atoms with Gasteiger partial charge in [0.1, 0.15) is 11.4 Å². The Balaban J connectivity index is 3.04. The van der Waals surface area contributed by atoms with Crippen LogP contribution in [0.3, 0.4) is 0 Å². The lowest BCUT2D eigenvalue weighted by atomic mass is 10.1. The Hall–Kier alpha value is -0.910. The molecule has 0 amide bonds. The molecular formula is C11H18BrN3O2. The topological polar surface area (TPSA) is 61.0 Å². The first-order chi connectivity index (χ1) is 8.01. The van der Waals surface area contributed by atoms with E-state index in [1.807, 2.05) is 6.92 Å². The van der Waals surface area contributed by atoms with Crippen LogP contribution in [0.1, 0.15) is 38.1 Å². The van der Waals surface area contributed by atoms with Crippen LogP contribution >= 0.6 is 15.9 Å². The summed E-state index contributed by atoms with van der Waals surface area (Å²) in [6.45, 7) is 3.99. The third-order valence-electron chi connectivity index (χ3n) is 2.74. The van der Waals surface area contributed by atoms with Gasteiger partial charge in [0.2, 0.25) is 0 Å². The number of nitrogens with zero attached hydrogens (tertiary/aromatic N) is 3. The van der Waals surface area contributed by atoms with Crippen molar-refractivity contribution in [2.24, 2.45) is 7.05 Å². The minimum absolute atomic E-state index is 0.190. The maximum atomic E-state index is 11.1. The normalized spacial score (nSPS) is 12.7. The predicted molar refractivity (Wildman–Crippen MR) is 70.6 cm³/mol. The van der Waals surface area contributed by atoms with Crippen LogP contribution in [0.25, 0.3) is 0 Å². The highest BCUT2D eigenvalue weighted by Gasteiger charge is 2.26. The fraction of sp³-hybridized carbons (Fsp3) is 0.727. The average molecular weight is 304 g/mol. The molecule has 1 aromatic heterocycles. The number of aromatic nitrogens is 2. The van der Waals surface area contributed by atoms with Crippen molar-refractivity contribution >= 4 is 21.6 Å². The summed E-state index contributed by atoms with van der Waals surface area (Å²) in [5.74, 6) is 0. The molecule has 1 rings (SSSR count). The molecule has 0 saturated heterocycles. The Kier molecular flexibility index (Phi) is 5.11. The number of halogens is 1. The molecule has 0 aromatic carbocycles. The number of aryl methyl sites for hydroxylation is 2. The summed E-state index contributed by atoms with van der Waals surface area (Å²) in [4.78, 5) is 11.0. The van der Waals surface area contributed by atoms with Gasteiger partial charge in [-0.15, -0.1) is 0 Å². The van der Waals surface area contributed by atoms with Gasteiger partial charge in [-0.25, -0.2) is 0 Å². The third-order valence-corrected chi connectivity index (χ3v) is 3.52. The molecule has 17 heavy (non-hydrogen) atoms. The average Bonchev–Trinajstić information content (AvgIpc) is 2.56. The number of hydrogen-bond donors (Lipinski definition) is 0. The summed E-state index contributed by atoms with van der Waals surface area (Å²) in [6, 6.07) is 0. The van der Waals surface area contributed by atoms with Crippen molar-refractivity contribution in [2.75, 3.05) is 0 Å². The van der Waals surface area contributed by atoms with Crippen LogP contribution in [0, 0.1) is 10.1 Å². The molecule has 0 aliphatic carbocycles. The van der Waals surface area contributed by atoms with Gasteiger partial charge in [0.25, 0.3) is 0 Å². The first-order valence-corrected chi connectivity index (χ1v) is 6.75. The molecule has 0 fully saturated rings. The Morgan fingerprint density at radius 2 is 2.18 bits per heavy atom. The smallest absolute Gasteiger partial charge is 0.265 e. The second-order valence-corrected chi connectivity index (χ2v) is 5.36. The van der Waals surface area contributed by atoms with Gasteiger partial charge in [0.15, 0.2) is 0 Å². The standard InChI is InChI=1S/C11H18BrN3O2/c1-4-6-8(12)7-10-11(15(16)17)9(5-2)13-14(10)3/h8H,4-7H2,1-3H3. The summed E-state index contributed by atoms with van der Waals surface area (Å²) in [6.07, 6.45) is 3.30. The highest BCUT2D eigenvalue weighted by Crippen LogP contribution is 2.27. The van der Waals surface area contributed by atoms with Crippen LogP contribution in [0.5, 0.6) is 0 Å². The van der Waals surface area contributed by atoms with E-state index in [1.165, 1.54) is 0 Å². The van der Waals surface area contributed by atoms with Crippen molar-refractivity contribution in [3.63, 3.8) is 0 Å². The number of alkyl halides is 1. The van der Waals surface area contributed by atoms with Crippen molar-refractivity contribution in [1.82, 2.24) is 9.78 Å². The molecule has 1 atom stereocenters. The van der Waals surface area contributed by atoms with Crippen LogP contribution in [-0.2, 0) is 19.9 Å². The molecule has 0 saturated carbocycles. The summed E-state index contributed by atoms with van der Waals surface area (Å²) in [5.41, 5.74) is 1.47. The van der Waals surface area contributed by atoms with E-state index in [-0.39, 0.29) is 15.4 Å². The molecule has 0 aliphatic rings. The van der Waals surface area contributed by atoms with Gasteiger partial charge < -0.3 is 0 Å². The van der Waals surface area contributed by atoms with E-state index < -0.39 is 0 Å². The molecule has 0 bridgehead atoms. The van der Waals surface area contributed by atoms with Crippen LogP contribution in [0.15, 0.2) is 0 Å². The SMILES string of the molecule is CCCC(Br)Cc1c([N+](=O)[O-])c(CC)nn1C. The molecule has 0 radical (unpaired) electrons. The molecule has 1 heterocycles. The second-order valence-electron chi connectivity index (χ2n) is 4.07. The van der Waals surface area contributed by atoms with Gasteiger partial charge >= 0.3 is 5.69 Å². The van der Waals surface area contributed by atoms with E-state index in [9.17, 15) is 10.1 Å². The van der Waals surface area contributed by atoms with Crippen LogP contribution in [0.4, 0.5) is 5.69 Å². The summed E-state index contributed by atoms with van der Waals surface area (Å²) in [7, 11) is 1.77. The molecule has 0 N–H and O–H groups in total. The van der Waals surface area contributed by atoms with Crippen molar-refractivity contribution in [3.8, 4) is 0 Å². The van der Waals surface area contributed by atoms with Gasteiger partial charge in [0, 0.05) is 18.3 Å². The minimum atomic E-state index is -0.313. The van der Waals surface area contributed by atoms with E-state index in [1.54, 1.807) is 11.7 Å². The fourth-order valence-corrected chi connectivity index (χ4v) is 2.68. The Morgan fingerprint density at radius 3 is 2.65 bits per heavy atom. The van der Waals surface area contributed by atoms with E-state index >= 15 is 0 Å². The molecular weight excluding hydrogens is 286 g/mol. The number of rotatable bonds is 6. The molecule has 6 heteroatoms. The Labute approximate surface area is 109 Å². The fourth-order valence-electron chi connectivity index (χ4n) is 1.91. The quantitative estimate of drug-likeness (QED) is 0.461. The predicted octanol–water partition coefficient (Wildman–Crippen LogP) is 3.00. The second kappa shape index (κ2) is 6.14. The number of hydrogen-bond acceptors (Lipinski definition) is 3. The van der Waals surface area contributed by atoms with Crippen molar-refractivity contribution in [3.05, 3.63) is 21.5 Å². The minimum Gasteiger partial charge on any atom is -0.265 e. The zero-order valence-corrected chi connectivity index (χ0v) is 12.0. The van der Waals surface area contributed by atoms with E-state index in [0.717, 1.165) is 12.8 Å². The molecule has 0 spiro atoms. The lowest BCUT2D eigenvalue weighted by Gasteiger charge is -2.07. The van der Waals surface area contributed by atoms with Crippen molar-refractivity contribution in [2.45, 2.75) is 44.4 Å². The van der Waals surface area contributed by atoms with Crippen molar-refractivity contribution in [1.29, 1.82) is 0 Å². The maximum Gasteiger partial charge on any atom is 0.313 e. The molecule has 1 unspecified atom stereocenters. The molecule has 0 aliphatic heterocycles. The molecule has 96 valence electrons. The summed E-state index contributed by atoms with van der Waals surface area (Å²) >= 11 is 3.56. The van der Waals surface area contributed by atoms with Gasteiger partial charge in [0.05, 0.1) is 4.92 Å². The zero-order chi connectivity index (χ0) is 13.0. The largest absolute Gasteiger partial charge is 0.313 e. The van der Waals surface area contributed by atoms with E-state index in [2.05, 4.69) is 28.0 Å². The number of nitro groups is 1. The van der Waals surface area contributed by atoms with E-state index in [0.29, 0.717) is 24.2 Å². The van der Waals surface area contributed by atoms with Gasteiger partial charge in [-0.1, -0.05) is 36.2 Å². The lowest BCUT2D eigenvalue weighted by Crippen LogP contribution is -2.09. The van der Waals surface area contributed by atoms with Crippen LogP contribution in [-0.4, -0.2) is 19.5 Å². The van der Waals surface area contributed by atoms with Crippen LogP contribution in [0.2, 0.25) is 0 Å². The maximum absolute atomic E-state index is 11.1. The van der Waals surface area contributed by atoms with Crippen molar-refractivity contribution < 1.29 is 4.92 Å². The first-order valence-electron chi connectivity index (χ1n) is 5.84. The van der Waals surface area contributed by atoms with Gasteiger partial charge in [-0.05, 0) is 12.8 Å². The Bertz CT molecular complexity index is 404. The van der Waals surface area contributed by atoms with E-state index in [4.69, 9.17) is 0 Å². The lowest BCUT2D eigenvalue weighted by molar-refractivity contribution is -0.386. The first kappa shape index (κ1) is 14.2. The Morgan fingerprint density at radius 1 is 1.53 bits per heavy atom. The monoisotopic (exact) mass is 303 g/mol. The highest BCUT2D eigenvalue weighted by molar-refractivity contribution is 9.09.